The van der Waals surface area contributed by atoms with Crippen molar-refractivity contribution >= 4 is 16.9 Å². The van der Waals surface area contributed by atoms with Gasteiger partial charge >= 0.3 is 0 Å². The van der Waals surface area contributed by atoms with Gasteiger partial charge in [-0.2, -0.15) is 5.10 Å². The third-order valence-corrected chi connectivity index (χ3v) is 5.78. The van der Waals surface area contributed by atoms with Gasteiger partial charge in [0.15, 0.2) is 5.65 Å². The highest BCUT2D eigenvalue weighted by Gasteiger charge is 2.27. The topological polar surface area (TPSA) is 77.0 Å². The molecule has 1 aliphatic rings. The fourth-order valence-corrected chi connectivity index (χ4v) is 4.01. The number of likely N-dealkylation sites (tertiary alicyclic amines) is 1. The Morgan fingerprint density at radius 2 is 1.96 bits per heavy atom. The second-order valence-electron chi connectivity index (χ2n) is 7.61. The summed E-state index contributed by atoms with van der Waals surface area (Å²) in [5, 5.41) is 5.26. The molecular weight excluding hydrogens is 350 g/mol. The van der Waals surface area contributed by atoms with Crippen molar-refractivity contribution in [2.45, 2.75) is 39.3 Å². The molecule has 1 aromatic carbocycles. The van der Waals surface area contributed by atoms with Gasteiger partial charge in [0.25, 0.3) is 5.91 Å². The minimum Gasteiger partial charge on any atom is -0.339 e. The lowest BCUT2D eigenvalue weighted by Gasteiger charge is -2.33. The van der Waals surface area contributed by atoms with Crippen molar-refractivity contribution in [3.05, 3.63) is 48.2 Å². The van der Waals surface area contributed by atoms with Gasteiger partial charge in [-0.3, -0.25) is 4.79 Å². The van der Waals surface area contributed by atoms with Crippen LogP contribution in [0.25, 0.3) is 22.3 Å². The van der Waals surface area contributed by atoms with Crippen molar-refractivity contribution in [1.29, 1.82) is 0 Å². The summed E-state index contributed by atoms with van der Waals surface area (Å²) in [7, 11) is 0. The van der Waals surface area contributed by atoms with Crippen LogP contribution in [-0.4, -0.2) is 44.7 Å². The molecule has 3 aromatic rings. The predicted molar refractivity (Wildman–Crippen MR) is 111 cm³/mol. The van der Waals surface area contributed by atoms with E-state index in [-0.39, 0.29) is 11.9 Å². The van der Waals surface area contributed by atoms with E-state index in [1.165, 1.54) is 0 Å². The molecule has 1 aliphatic heterocycles. The van der Waals surface area contributed by atoms with E-state index < -0.39 is 0 Å². The average Bonchev–Trinajstić information content (AvgIpc) is 3.16. The Hall–Kier alpha value is -2.73. The average molecular weight is 377 g/mol. The van der Waals surface area contributed by atoms with Crippen molar-refractivity contribution in [3.63, 3.8) is 0 Å². The molecule has 0 saturated carbocycles. The summed E-state index contributed by atoms with van der Waals surface area (Å²) in [5.41, 5.74) is 9.30. The number of nitrogens with zero attached hydrogens (tertiary/aromatic N) is 4. The van der Waals surface area contributed by atoms with Crippen LogP contribution in [0.2, 0.25) is 0 Å². The lowest BCUT2D eigenvalue weighted by Crippen LogP contribution is -2.42. The molecule has 0 aliphatic carbocycles. The standard InChI is InChI=1S/C22H27N5O/c1-3-27-21-19(14-24-27)18(13-20(25-21)17-7-5-4-6-8-17)22(28)26-11-9-16(10-12-26)15(2)23/h4-8,13-16H,3,9-12,23H2,1-2H3. The van der Waals surface area contributed by atoms with Crippen LogP contribution in [0.1, 0.15) is 37.0 Å². The maximum atomic E-state index is 13.4. The zero-order chi connectivity index (χ0) is 19.7. The van der Waals surface area contributed by atoms with Gasteiger partial charge in [0.05, 0.1) is 22.8 Å². The molecule has 1 saturated heterocycles. The van der Waals surface area contributed by atoms with Crippen LogP contribution in [0, 0.1) is 5.92 Å². The third-order valence-electron chi connectivity index (χ3n) is 5.78. The molecule has 1 amide bonds. The van der Waals surface area contributed by atoms with Gasteiger partial charge in [-0.25, -0.2) is 9.67 Å². The number of piperidine rings is 1. The Kier molecular flexibility index (Phi) is 5.13. The first-order valence-electron chi connectivity index (χ1n) is 10.0. The molecule has 2 aromatic heterocycles. The lowest BCUT2D eigenvalue weighted by atomic mass is 9.90. The predicted octanol–water partition coefficient (Wildman–Crippen LogP) is 3.32. The van der Waals surface area contributed by atoms with Gasteiger partial charge in [-0.15, -0.1) is 0 Å². The fourth-order valence-electron chi connectivity index (χ4n) is 4.01. The number of amides is 1. The monoisotopic (exact) mass is 377 g/mol. The molecule has 2 N–H and O–H groups in total. The maximum Gasteiger partial charge on any atom is 0.254 e. The first-order valence-corrected chi connectivity index (χ1v) is 10.0. The van der Waals surface area contributed by atoms with Gasteiger partial charge in [-0.1, -0.05) is 30.3 Å². The van der Waals surface area contributed by atoms with Gasteiger partial charge < -0.3 is 10.6 Å². The number of hydrogen-bond donors (Lipinski definition) is 1. The van der Waals surface area contributed by atoms with Crippen LogP contribution < -0.4 is 5.73 Å². The fraction of sp³-hybridized carbons (Fsp3) is 0.409. The zero-order valence-electron chi connectivity index (χ0n) is 16.5. The van der Waals surface area contributed by atoms with Crippen LogP contribution in [-0.2, 0) is 6.54 Å². The highest BCUT2D eigenvalue weighted by atomic mass is 16.2. The number of fused-ring (bicyclic) bond motifs is 1. The maximum absolute atomic E-state index is 13.4. The van der Waals surface area contributed by atoms with Gasteiger partial charge in [0, 0.05) is 31.2 Å². The Balaban J connectivity index is 1.73. The number of carbonyl (C=O) groups excluding carboxylic acids is 1. The molecule has 6 nitrogen and oxygen atoms in total. The molecule has 146 valence electrons. The van der Waals surface area contributed by atoms with E-state index in [2.05, 4.69) is 12.0 Å². The first-order chi connectivity index (χ1) is 13.6. The van der Waals surface area contributed by atoms with E-state index in [1.54, 1.807) is 6.20 Å². The minimum absolute atomic E-state index is 0.0587. The summed E-state index contributed by atoms with van der Waals surface area (Å²) >= 11 is 0. The van der Waals surface area contributed by atoms with Crippen molar-refractivity contribution in [1.82, 2.24) is 19.7 Å². The molecule has 6 heteroatoms. The third kappa shape index (κ3) is 3.40. The van der Waals surface area contributed by atoms with E-state index in [1.807, 2.05) is 52.9 Å². The van der Waals surface area contributed by atoms with E-state index in [9.17, 15) is 4.79 Å². The highest BCUT2D eigenvalue weighted by Crippen LogP contribution is 2.28. The summed E-state index contributed by atoms with van der Waals surface area (Å²) < 4.78 is 1.85. The largest absolute Gasteiger partial charge is 0.339 e. The summed E-state index contributed by atoms with van der Waals surface area (Å²) in [6, 6.07) is 12.1. The quantitative estimate of drug-likeness (QED) is 0.757. The highest BCUT2D eigenvalue weighted by molar-refractivity contribution is 6.06. The SMILES string of the molecule is CCn1ncc2c(C(=O)N3CCC(C(C)N)CC3)cc(-c3ccccc3)nc21. The minimum atomic E-state index is 0.0587. The Bertz CT molecular complexity index is 971. The summed E-state index contributed by atoms with van der Waals surface area (Å²) in [6.45, 7) is 6.29. The number of hydrogen-bond acceptors (Lipinski definition) is 4. The summed E-state index contributed by atoms with van der Waals surface area (Å²) in [6.07, 6.45) is 3.68. The number of aromatic nitrogens is 3. The molecule has 1 unspecified atom stereocenters. The smallest absolute Gasteiger partial charge is 0.254 e. The molecule has 0 radical (unpaired) electrons. The molecule has 1 atom stereocenters. The van der Waals surface area contributed by atoms with Crippen molar-refractivity contribution in [2.75, 3.05) is 13.1 Å². The van der Waals surface area contributed by atoms with Gasteiger partial charge in [0.2, 0.25) is 0 Å². The second-order valence-corrected chi connectivity index (χ2v) is 7.61. The van der Waals surface area contributed by atoms with Crippen molar-refractivity contribution in [2.24, 2.45) is 11.7 Å². The summed E-state index contributed by atoms with van der Waals surface area (Å²) in [5.74, 6) is 0.549. The van der Waals surface area contributed by atoms with Gasteiger partial charge in [-0.05, 0) is 38.7 Å². The number of carbonyl (C=O) groups is 1. The van der Waals surface area contributed by atoms with E-state index in [0.29, 0.717) is 18.0 Å². The van der Waals surface area contributed by atoms with Crippen LogP contribution >= 0.6 is 0 Å². The molecule has 4 rings (SSSR count). The normalized spacial score (nSPS) is 16.5. The van der Waals surface area contributed by atoms with Gasteiger partial charge in [0.1, 0.15) is 0 Å². The van der Waals surface area contributed by atoms with Crippen LogP contribution in [0.4, 0.5) is 0 Å². The van der Waals surface area contributed by atoms with E-state index >= 15 is 0 Å². The second kappa shape index (κ2) is 7.72. The first kappa shape index (κ1) is 18.6. The Labute approximate surface area is 165 Å². The number of pyridine rings is 1. The Morgan fingerprint density at radius 1 is 1.25 bits per heavy atom. The number of aryl methyl sites for hydroxylation is 1. The molecule has 28 heavy (non-hydrogen) atoms. The van der Waals surface area contributed by atoms with E-state index in [0.717, 1.165) is 48.2 Å². The van der Waals surface area contributed by atoms with Crippen molar-refractivity contribution < 1.29 is 4.79 Å². The molecule has 1 fully saturated rings. The molecule has 3 heterocycles. The van der Waals surface area contributed by atoms with Crippen LogP contribution in [0.15, 0.2) is 42.6 Å². The molecular formula is C22H27N5O. The van der Waals surface area contributed by atoms with Crippen molar-refractivity contribution in [3.8, 4) is 11.3 Å². The van der Waals surface area contributed by atoms with Crippen LogP contribution in [0.5, 0.6) is 0 Å². The number of rotatable bonds is 4. The Morgan fingerprint density at radius 3 is 2.61 bits per heavy atom. The lowest BCUT2D eigenvalue weighted by molar-refractivity contribution is 0.0683. The molecule has 0 spiro atoms. The number of nitrogens with two attached hydrogens (primary N) is 1. The zero-order valence-corrected chi connectivity index (χ0v) is 16.5. The molecule has 0 bridgehead atoms. The van der Waals surface area contributed by atoms with E-state index in [4.69, 9.17) is 10.7 Å². The van der Waals surface area contributed by atoms with Crippen LogP contribution in [0.3, 0.4) is 0 Å². The summed E-state index contributed by atoms with van der Waals surface area (Å²) in [4.78, 5) is 20.2. The number of benzene rings is 1.